The zero-order valence-electron chi connectivity index (χ0n) is 8.11. The van der Waals surface area contributed by atoms with Gasteiger partial charge in [-0.2, -0.15) is 0 Å². The van der Waals surface area contributed by atoms with Crippen LogP contribution in [-0.2, 0) is 5.41 Å². The van der Waals surface area contributed by atoms with Gasteiger partial charge in [0.25, 0.3) is 0 Å². The molecule has 0 saturated carbocycles. The van der Waals surface area contributed by atoms with Gasteiger partial charge in [-0.3, -0.25) is 0 Å². The largest absolute Gasteiger partial charge is 0.316 e. The first-order valence-corrected chi connectivity index (χ1v) is 5.54. The fourth-order valence-electron chi connectivity index (χ4n) is 2.03. The quantitative estimate of drug-likeness (QED) is 0.780. The van der Waals surface area contributed by atoms with Crippen molar-refractivity contribution in [2.75, 3.05) is 13.1 Å². The van der Waals surface area contributed by atoms with Gasteiger partial charge in [-0.05, 0) is 30.7 Å². The first kappa shape index (κ1) is 10.3. The van der Waals surface area contributed by atoms with Crippen LogP contribution in [0.1, 0.15) is 18.9 Å². The highest BCUT2D eigenvalue weighted by atomic mass is 35.5. The minimum absolute atomic E-state index is 0.168. The van der Waals surface area contributed by atoms with Gasteiger partial charge in [0.15, 0.2) is 0 Å². The van der Waals surface area contributed by atoms with Crippen molar-refractivity contribution >= 4 is 23.2 Å². The maximum atomic E-state index is 6.19. The van der Waals surface area contributed by atoms with Crippen LogP contribution in [0, 0.1) is 0 Å². The molecule has 1 nitrogen and oxygen atoms in total. The molecule has 0 bridgehead atoms. The first-order chi connectivity index (χ1) is 6.62. The number of nitrogens with one attached hydrogen (secondary N) is 1. The lowest BCUT2D eigenvalue weighted by Gasteiger charge is -2.24. The molecule has 0 amide bonds. The normalized spacial score (nSPS) is 26.8. The Morgan fingerprint density at radius 1 is 1.36 bits per heavy atom. The van der Waals surface area contributed by atoms with E-state index < -0.39 is 0 Å². The lowest BCUT2D eigenvalue weighted by Crippen LogP contribution is -2.25. The summed E-state index contributed by atoms with van der Waals surface area (Å²) in [5.41, 5.74) is 1.37. The second-order valence-corrected chi connectivity index (χ2v) is 4.96. The number of benzene rings is 1. The summed E-state index contributed by atoms with van der Waals surface area (Å²) in [4.78, 5) is 0. The molecule has 3 heteroatoms. The van der Waals surface area contributed by atoms with Crippen LogP contribution < -0.4 is 5.32 Å². The van der Waals surface area contributed by atoms with Gasteiger partial charge in [-0.1, -0.05) is 36.2 Å². The summed E-state index contributed by atoms with van der Waals surface area (Å²) < 4.78 is 0. The van der Waals surface area contributed by atoms with E-state index in [0.29, 0.717) is 5.02 Å². The third-order valence-electron chi connectivity index (χ3n) is 2.95. The molecule has 1 atom stereocenters. The maximum absolute atomic E-state index is 6.19. The number of hydrogen-bond donors (Lipinski definition) is 1. The van der Waals surface area contributed by atoms with Crippen LogP contribution in [0.25, 0.3) is 0 Å². The van der Waals surface area contributed by atoms with E-state index in [1.54, 1.807) is 0 Å². The van der Waals surface area contributed by atoms with Gasteiger partial charge in [0.1, 0.15) is 0 Å². The number of hydrogen-bond acceptors (Lipinski definition) is 1. The molecule has 2 rings (SSSR count). The molecule has 1 aliphatic rings. The molecular weight excluding hydrogens is 217 g/mol. The Morgan fingerprint density at radius 3 is 2.71 bits per heavy atom. The molecule has 0 spiro atoms. The van der Waals surface area contributed by atoms with Crippen molar-refractivity contribution in [1.29, 1.82) is 0 Å². The van der Waals surface area contributed by atoms with E-state index >= 15 is 0 Å². The number of rotatable bonds is 1. The molecule has 1 fully saturated rings. The van der Waals surface area contributed by atoms with Gasteiger partial charge < -0.3 is 5.32 Å². The van der Waals surface area contributed by atoms with E-state index in [2.05, 4.69) is 12.2 Å². The summed E-state index contributed by atoms with van der Waals surface area (Å²) in [5, 5.41) is 4.84. The van der Waals surface area contributed by atoms with E-state index in [9.17, 15) is 0 Å². The molecule has 0 aromatic heterocycles. The van der Waals surface area contributed by atoms with Crippen LogP contribution in [0.5, 0.6) is 0 Å². The molecule has 14 heavy (non-hydrogen) atoms. The lowest BCUT2D eigenvalue weighted by atomic mass is 9.82. The molecule has 0 aliphatic carbocycles. The number of halogens is 2. The molecule has 0 radical (unpaired) electrons. The van der Waals surface area contributed by atoms with Crippen molar-refractivity contribution in [3.63, 3.8) is 0 Å². The fraction of sp³-hybridized carbons (Fsp3) is 0.455. The van der Waals surface area contributed by atoms with Gasteiger partial charge >= 0.3 is 0 Å². The zero-order valence-corrected chi connectivity index (χ0v) is 9.62. The van der Waals surface area contributed by atoms with Crippen molar-refractivity contribution in [1.82, 2.24) is 5.32 Å². The van der Waals surface area contributed by atoms with Crippen LogP contribution in [0.15, 0.2) is 18.2 Å². The van der Waals surface area contributed by atoms with Gasteiger partial charge in [0.05, 0.1) is 0 Å². The van der Waals surface area contributed by atoms with Crippen LogP contribution >= 0.6 is 23.2 Å². The monoisotopic (exact) mass is 229 g/mol. The van der Waals surface area contributed by atoms with Crippen molar-refractivity contribution < 1.29 is 0 Å². The maximum Gasteiger partial charge on any atom is 0.0458 e. The molecule has 1 aliphatic heterocycles. The predicted octanol–water partition coefficient (Wildman–Crippen LogP) is 3.24. The minimum atomic E-state index is 0.168. The summed E-state index contributed by atoms with van der Waals surface area (Å²) in [5.74, 6) is 0. The van der Waals surface area contributed by atoms with Crippen molar-refractivity contribution in [3.8, 4) is 0 Å². The van der Waals surface area contributed by atoms with Gasteiger partial charge in [0.2, 0.25) is 0 Å². The highest BCUT2D eigenvalue weighted by Crippen LogP contribution is 2.35. The summed E-state index contributed by atoms with van der Waals surface area (Å²) in [6.45, 7) is 4.30. The second-order valence-electron chi connectivity index (χ2n) is 4.11. The van der Waals surface area contributed by atoms with Crippen molar-refractivity contribution in [3.05, 3.63) is 33.8 Å². The van der Waals surface area contributed by atoms with Crippen molar-refractivity contribution in [2.45, 2.75) is 18.8 Å². The van der Waals surface area contributed by atoms with E-state index in [0.717, 1.165) is 24.5 Å². The van der Waals surface area contributed by atoms with Crippen LogP contribution in [0.2, 0.25) is 10.0 Å². The first-order valence-electron chi connectivity index (χ1n) is 4.78. The standard InChI is InChI=1S/C11H13Cl2N/c1-11(4-5-14-7-11)9-3-2-8(12)6-10(9)13/h2-3,6,14H,4-5,7H2,1H3. The van der Waals surface area contributed by atoms with E-state index in [-0.39, 0.29) is 5.41 Å². The predicted molar refractivity (Wildman–Crippen MR) is 61.3 cm³/mol. The smallest absolute Gasteiger partial charge is 0.0458 e. The highest BCUT2D eigenvalue weighted by molar-refractivity contribution is 6.35. The molecular formula is C11H13Cl2N. The summed E-state index contributed by atoms with van der Waals surface area (Å²) in [6, 6.07) is 5.77. The molecule has 1 unspecified atom stereocenters. The molecule has 76 valence electrons. The summed E-state index contributed by atoms with van der Waals surface area (Å²) in [7, 11) is 0. The van der Waals surface area contributed by atoms with E-state index in [1.807, 2.05) is 18.2 Å². The average Bonchev–Trinajstić information content (AvgIpc) is 2.52. The third-order valence-corrected chi connectivity index (χ3v) is 3.50. The van der Waals surface area contributed by atoms with Gasteiger partial charge in [0, 0.05) is 22.0 Å². The second kappa shape index (κ2) is 3.73. The Kier molecular flexibility index (Phi) is 2.74. The van der Waals surface area contributed by atoms with Crippen LogP contribution in [0.3, 0.4) is 0 Å². The summed E-state index contributed by atoms with van der Waals surface area (Å²) in [6.07, 6.45) is 1.13. The van der Waals surface area contributed by atoms with Crippen molar-refractivity contribution in [2.24, 2.45) is 0 Å². The lowest BCUT2D eigenvalue weighted by molar-refractivity contribution is 0.525. The van der Waals surface area contributed by atoms with Crippen LogP contribution in [-0.4, -0.2) is 13.1 Å². The Labute approximate surface area is 94.4 Å². The Bertz CT molecular complexity index is 343. The Balaban J connectivity index is 2.40. The molecule has 1 saturated heterocycles. The zero-order chi connectivity index (χ0) is 10.2. The Morgan fingerprint density at radius 2 is 2.14 bits per heavy atom. The fourth-order valence-corrected chi connectivity index (χ4v) is 2.66. The van der Waals surface area contributed by atoms with E-state index in [1.165, 1.54) is 5.56 Å². The molecule has 1 aromatic carbocycles. The summed E-state index contributed by atoms with van der Waals surface area (Å²) >= 11 is 12.1. The average molecular weight is 230 g/mol. The minimum Gasteiger partial charge on any atom is -0.316 e. The van der Waals surface area contributed by atoms with E-state index in [4.69, 9.17) is 23.2 Å². The molecule has 1 aromatic rings. The molecule has 1 heterocycles. The SMILES string of the molecule is CC1(c2ccc(Cl)cc2Cl)CCNC1. The molecule has 1 N–H and O–H groups in total. The van der Waals surface area contributed by atoms with Gasteiger partial charge in [-0.25, -0.2) is 0 Å². The van der Waals surface area contributed by atoms with Crippen LogP contribution in [0.4, 0.5) is 0 Å². The Hall–Kier alpha value is -0.240. The van der Waals surface area contributed by atoms with Gasteiger partial charge in [-0.15, -0.1) is 0 Å². The third kappa shape index (κ3) is 1.77. The topological polar surface area (TPSA) is 12.0 Å². The highest BCUT2D eigenvalue weighted by Gasteiger charge is 2.32.